The second kappa shape index (κ2) is 4.81. The van der Waals surface area contributed by atoms with Crippen molar-refractivity contribution in [1.82, 2.24) is 4.98 Å². The molecule has 0 saturated heterocycles. The zero-order valence-corrected chi connectivity index (χ0v) is 8.68. The number of carbonyl (C=O) groups is 1. The molecule has 1 aromatic heterocycles. The molecule has 0 saturated carbocycles. The Labute approximate surface area is 94.1 Å². The van der Waals surface area contributed by atoms with Crippen LogP contribution in [-0.2, 0) is 11.2 Å². The van der Waals surface area contributed by atoms with E-state index in [0.717, 1.165) is 6.20 Å². The highest BCUT2D eigenvalue weighted by atomic mass is 19.3. The van der Waals surface area contributed by atoms with E-state index in [1.165, 1.54) is 6.92 Å². The fraction of sp³-hybridized carbons (Fsp3) is 0.333. The lowest BCUT2D eigenvalue weighted by atomic mass is 10.0. The van der Waals surface area contributed by atoms with Crippen LogP contribution < -0.4 is 0 Å². The highest BCUT2D eigenvalue weighted by Gasteiger charge is 2.27. The molecule has 8 heteroatoms. The molecule has 0 aromatic carbocycles. The molecular weight excluding hydrogens is 238 g/mol. The molecule has 0 spiro atoms. The number of pyridine rings is 1. The lowest BCUT2D eigenvalue weighted by molar-refractivity contribution is -0.390. The molecule has 6 nitrogen and oxygen atoms in total. The Morgan fingerprint density at radius 3 is 2.65 bits per heavy atom. The lowest BCUT2D eigenvalue weighted by Gasteiger charge is -2.09. The molecule has 92 valence electrons. The zero-order chi connectivity index (χ0) is 13.2. The van der Waals surface area contributed by atoms with Crippen molar-refractivity contribution < 1.29 is 23.6 Å². The summed E-state index contributed by atoms with van der Waals surface area (Å²) in [6.45, 7) is 1.30. The predicted octanol–water partition coefficient (Wildman–Crippen LogP) is 1.86. The molecular formula is C9H8F2N2O4. The number of hydrogen-bond acceptors (Lipinski definition) is 4. The van der Waals surface area contributed by atoms with Gasteiger partial charge in [0, 0.05) is 11.1 Å². The fourth-order valence-electron chi connectivity index (χ4n) is 1.45. The minimum atomic E-state index is -2.98. The summed E-state index contributed by atoms with van der Waals surface area (Å²) in [5.41, 5.74) is -1.14. The van der Waals surface area contributed by atoms with E-state index in [0.29, 0.717) is 0 Å². The molecule has 0 bridgehead atoms. The van der Waals surface area contributed by atoms with Gasteiger partial charge in [-0.3, -0.25) is 4.79 Å². The molecule has 0 unspecified atom stereocenters. The number of aliphatic carboxylic acids is 1. The van der Waals surface area contributed by atoms with Gasteiger partial charge in [-0.25, -0.2) is 8.78 Å². The van der Waals surface area contributed by atoms with Crippen molar-refractivity contribution in [3.8, 4) is 0 Å². The van der Waals surface area contributed by atoms with Gasteiger partial charge in [0.25, 0.3) is 6.43 Å². The smallest absolute Gasteiger partial charge is 0.367 e. The van der Waals surface area contributed by atoms with Crippen molar-refractivity contribution in [2.45, 2.75) is 19.8 Å². The normalized spacial score (nSPS) is 10.6. The molecule has 0 aliphatic carbocycles. The number of carboxylic acids is 1. The number of carboxylic acid groups (broad SMARTS) is 1. The van der Waals surface area contributed by atoms with E-state index in [-0.39, 0.29) is 5.56 Å². The molecule has 1 heterocycles. The van der Waals surface area contributed by atoms with Gasteiger partial charge in [-0.05, 0) is 16.8 Å². The molecule has 1 rings (SSSR count). The van der Waals surface area contributed by atoms with Gasteiger partial charge in [0.2, 0.25) is 0 Å². The van der Waals surface area contributed by atoms with Gasteiger partial charge >= 0.3 is 11.8 Å². The third-order valence-electron chi connectivity index (χ3n) is 2.12. The number of hydrogen-bond donors (Lipinski definition) is 1. The molecule has 0 amide bonds. The Bertz CT molecular complexity index is 476. The van der Waals surface area contributed by atoms with Crippen molar-refractivity contribution >= 4 is 11.8 Å². The number of nitro groups is 1. The molecule has 0 aliphatic rings. The molecule has 0 atom stereocenters. The molecule has 1 aromatic rings. The summed E-state index contributed by atoms with van der Waals surface area (Å²) in [6, 6.07) is 0. The average Bonchev–Trinajstić information content (AvgIpc) is 2.15. The summed E-state index contributed by atoms with van der Waals surface area (Å²) in [5.74, 6) is -2.27. The highest BCUT2D eigenvalue weighted by Crippen LogP contribution is 2.31. The van der Waals surface area contributed by atoms with Crippen molar-refractivity contribution in [2.24, 2.45) is 0 Å². The molecule has 1 N–H and O–H groups in total. The van der Waals surface area contributed by atoms with Gasteiger partial charge in [0.05, 0.1) is 12.0 Å². The first-order valence-electron chi connectivity index (χ1n) is 4.47. The van der Waals surface area contributed by atoms with E-state index >= 15 is 0 Å². The maximum absolute atomic E-state index is 12.7. The monoisotopic (exact) mass is 246 g/mol. The van der Waals surface area contributed by atoms with E-state index in [2.05, 4.69) is 4.98 Å². The minimum absolute atomic E-state index is 0.0295. The van der Waals surface area contributed by atoms with E-state index in [1.54, 1.807) is 0 Å². The van der Waals surface area contributed by atoms with Gasteiger partial charge in [-0.15, -0.1) is 0 Å². The lowest BCUT2D eigenvalue weighted by Crippen LogP contribution is -2.10. The number of aryl methyl sites for hydroxylation is 1. The summed E-state index contributed by atoms with van der Waals surface area (Å²) >= 11 is 0. The Hall–Kier alpha value is -2.12. The predicted molar refractivity (Wildman–Crippen MR) is 51.9 cm³/mol. The Morgan fingerprint density at radius 1 is 1.65 bits per heavy atom. The van der Waals surface area contributed by atoms with E-state index in [4.69, 9.17) is 5.11 Å². The largest absolute Gasteiger partial charge is 0.481 e. The number of nitrogens with zero attached hydrogens (tertiary/aromatic N) is 2. The van der Waals surface area contributed by atoms with Gasteiger partial charge in [0.15, 0.2) is 0 Å². The van der Waals surface area contributed by atoms with Crippen molar-refractivity contribution in [2.75, 3.05) is 0 Å². The highest BCUT2D eigenvalue weighted by molar-refractivity contribution is 5.72. The first-order chi connectivity index (χ1) is 7.84. The molecule has 0 fully saturated rings. The maximum atomic E-state index is 12.7. The average molecular weight is 246 g/mol. The van der Waals surface area contributed by atoms with Crippen LogP contribution in [0.2, 0.25) is 0 Å². The van der Waals surface area contributed by atoms with Gasteiger partial charge in [0.1, 0.15) is 6.20 Å². The van der Waals surface area contributed by atoms with Crippen LogP contribution in [0.5, 0.6) is 0 Å². The van der Waals surface area contributed by atoms with Crippen molar-refractivity contribution in [3.05, 3.63) is 33.0 Å². The van der Waals surface area contributed by atoms with Gasteiger partial charge in [-0.2, -0.15) is 0 Å². The molecule has 0 aliphatic heterocycles. The molecule has 0 radical (unpaired) electrons. The second-order valence-corrected chi connectivity index (χ2v) is 3.29. The number of halogens is 2. The Morgan fingerprint density at radius 2 is 2.24 bits per heavy atom. The van der Waals surface area contributed by atoms with E-state index in [1.807, 2.05) is 0 Å². The van der Waals surface area contributed by atoms with Crippen LogP contribution in [-0.4, -0.2) is 21.0 Å². The number of aromatic nitrogens is 1. The zero-order valence-electron chi connectivity index (χ0n) is 8.68. The first-order valence-corrected chi connectivity index (χ1v) is 4.47. The fourth-order valence-corrected chi connectivity index (χ4v) is 1.45. The summed E-state index contributed by atoms with van der Waals surface area (Å²) < 4.78 is 25.5. The second-order valence-electron chi connectivity index (χ2n) is 3.29. The molecule has 17 heavy (non-hydrogen) atoms. The van der Waals surface area contributed by atoms with Crippen LogP contribution in [0.25, 0.3) is 0 Å². The van der Waals surface area contributed by atoms with E-state index < -0.39 is 40.7 Å². The van der Waals surface area contributed by atoms with E-state index in [9.17, 15) is 23.7 Å². The number of alkyl halides is 2. The van der Waals surface area contributed by atoms with Crippen LogP contribution in [0, 0.1) is 17.0 Å². The van der Waals surface area contributed by atoms with Crippen LogP contribution in [0.15, 0.2) is 6.20 Å². The summed E-state index contributed by atoms with van der Waals surface area (Å²) in [5, 5.41) is 19.2. The maximum Gasteiger partial charge on any atom is 0.367 e. The van der Waals surface area contributed by atoms with Gasteiger partial charge < -0.3 is 15.2 Å². The van der Waals surface area contributed by atoms with Crippen molar-refractivity contribution in [3.63, 3.8) is 0 Å². The SMILES string of the molecule is Cc1cnc([N+](=O)[O-])c(CC(=O)O)c1C(F)F. The standard InChI is InChI=1S/C9H8F2N2O4/c1-4-3-12-9(13(16)17)5(2-6(14)15)7(4)8(10)11/h3,8H,2H2,1H3,(H,14,15). The van der Waals surface area contributed by atoms with Crippen LogP contribution in [0.1, 0.15) is 23.1 Å². The van der Waals surface area contributed by atoms with Crippen molar-refractivity contribution in [1.29, 1.82) is 0 Å². The van der Waals surface area contributed by atoms with Gasteiger partial charge in [-0.1, -0.05) is 0 Å². The van der Waals surface area contributed by atoms with Crippen LogP contribution >= 0.6 is 0 Å². The quantitative estimate of drug-likeness (QED) is 0.646. The third kappa shape index (κ3) is 2.71. The summed E-state index contributed by atoms with van der Waals surface area (Å²) in [7, 11) is 0. The first kappa shape index (κ1) is 12.9. The Balaban J connectivity index is 3.49. The number of rotatable bonds is 4. The summed E-state index contributed by atoms with van der Waals surface area (Å²) in [4.78, 5) is 23.5. The Kier molecular flexibility index (Phi) is 3.66. The topological polar surface area (TPSA) is 93.3 Å². The minimum Gasteiger partial charge on any atom is -0.481 e. The summed E-state index contributed by atoms with van der Waals surface area (Å²) in [6.07, 6.45) is -2.90. The van der Waals surface area contributed by atoms with Crippen LogP contribution in [0.4, 0.5) is 14.6 Å². The third-order valence-corrected chi connectivity index (χ3v) is 2.12. The van der Waals surface area contributed by atoms with Crippen LogP contribution in [0.3, 0.4) is 0 Å².